The molecule has 1 aliphatic heterocycles. The maximum Gasteiger partial charge on any atom is 0.372 e. The number of aromatic carboxylic acids is 1. The van der Waals surface area contributed by atoms with Crippen molar-refractivity contribution in [3.8, 4) is 0 Å². The van der Waals surface area contributed by atoms with E-state index < -0.39 is 16.8 Å². The predicted molar refractivity (Wildman–Crippen MR) is 78.8 cm³/mol. The Hall–Kier alpha value is -1.66. The Bertz CT molecular complexity index is 705. The highest BCUT2D eigenvalue weighted by atomic mass is 32.2. The highest BCUT2D eigenvalue weighted by Gasteiger charge is 2.31. The number of carboxylic acids is 1. The van der Waals surface area contributed by atoms with E-state index in [9.17, 15) is 14.1 Å². The molecule has 3 rings (SSSR count). The first-order valence-electron chi connectivity index (χ1n) is 6.80. The van der Waals surface area contributed by atoms with Crippen molar-refractivity contribution >= 4 is 27.7 Å². The van der Waals surface area contributed by atoms with Crippen molar-refractivity contribution in [2.75, 3.05) is 6.61 Å². The van der Waals surface area contributed by atoms with Gasteiger partial charge in [-0.25, -0.2) is 4.79 Å². The topological polar surface area (TPSA) is 76.7 Å². The molecular weight excluding hydrogens is 292 g/mol. The summed E-state index contributed by atoms with van der Waals surface area (Å²) in [5.74, 6) is -1.07. The van der Waals surface area contributed by atoms with Gasteiger partial charge in [0, 0.05) is 28.4 Å². The van der Waals surface area contributed by atoms with Gasteiger partial charge in [0.1, 0.15) is 5.58 Å². The Morgan fingerprint density at radius 1 is 1.43 bits per heavy atom. The predicted octanol–water partition coefficient (Wildman–Crippen LogP) is 2.56. The molecule has 21 heavy (non-hydrogen) atoms. The van der Waals surface area contributed by atoms with Crippen LogP contribution in [0.15, 0.2) is 28.7 Å². The summed E-state index contributed by atoms with van der Waals surface area (Å²) < 4.78 is 23.4. The molecule has 0 radical (unpaired) electrons. The number of hydrogen-bond acceptors (Lipinski definition) is 4. The van der Waals surface area contributed by atoms with Gasteiger partial charge in [-0.2, -0.15) is 0 Å². The molecule has 1 aromatic carbocycles. The molecule has 1 N–H and O–H groups in total. The molecule has 6 heteroatoms. The van der Waals surface area contributed by atoms with E-state index in [4.69, 9.17) is 9.15 Å². The van der Waals surface area contributed by atoms with Gasteiger partial charge in [-0.15, -0.1) is 0 Å². The fourth-order valence-electron chi connectivity index (χ4n) is 2.72. The van der Waals surface area contributed by atoms with E-state index in [1.54, 1.807) is 18.2 Å². The third-order valence-corrected chi connectivity index (χ3v) is 5.69. The molecule has 2 aromatic rings. The number of para-hydroxylation sites is 1. The van der Waals surface area contributed by atoms with Crippen LogP contribution >= 0.6 is 0 Å². The van der Waals surface area contributed by atoms with Crippen LogP contribution < -0.4 is 0 Å². The lowest BCUT2D eigenvalue weighted by molar-refractivity contribution is 0.0664. The van der Waals surface area contributed by atoms with Crippen molar-refractivity contribution in [3.63, 3.8) is 0 Å². The first-order valence-corrected chi connectivity index (χ1v) is 8.18. The third-order valence-electron chi connectivity index (χ3n) is 3.82. The summed E-state index contributed by atoms with van der Waals surface area (Å²) in [6.07, 6.45) is 0.684. The monoisotopic (exact) mass is 308 g/mol. The molecule has 112 valence electrons. The van der Waals surface area contributed by atoms with Crippen molar-refractivity contribution in [1.82, 2.24) is 0 Å². The van der Waals surface area contributed by atoms with Crippen LogP contribution in [0.2, 0.25) is 0 Å². The smallest absolute Gasteiger partial charge is 0.372 e. The lowest BCUT2D eigenvalue weighted by Gasteiger charge is -2.13. The van der Waals surface area contributed by atoms with Gasteiger partial charge in [0.15, 0.2) is 0 Å². The Morgan fingerprint density at radius 3 is 2.86 bits per heavy atom. The van der Waals surface area contributed by atoms with Crippen molar-refractivity contribution < 1.29 is 23.3 Å². The molecule has 0 aliphatic carbocycles. The minimum absolute atomic E-state index is 0.0553. The number of fused-ring (bicyclic) bond motifs is 1. The SMILES string of the molecule is CC1OCCC1S(=O)Cc1c(C(=O)O)oc2ccccc12. The van der Waals surface area contributed by atoms with E-state index in [-0.39, 0.29) is 22.9 Å². The van der Waals surface area contributed by atoms with Crippen LogP contribution in [0.25, 0.3) is 11.0 Å². The average Bonchev–Trinajstić information content (AvgIpc) is 3.03. The van der Waals surface area contributed by atoms with Crippen LogP contribution in [0.4, 0.5) is 0 Å². The fraction of sp³-hybridized carbons (Fsp3) is 0.400. The van der Waals surface area contributed by atoms with Crippen molar-refractivity contribution in [2.45, 2.75) is 30.5 Å². The number of benzene rings is 1. The Labute approximate surface area is 124 Å². The van der Waals surface area contributed by atoms with Crippen LogP contribution in [-0.2, 0) is 21.3 Å². The van der Waals surface area contributed by atoms with Gasteiger partial charge in [0.2, 0.25) is 5.76 Å². The minimum Gasteiger partial charge on any atom is -0.475 e. The molecule has 1 saturated heterocycles. The molecule has 0 saturated carbocycles. The first kappa shape index (κ1) is 14.3. The van der Waals surface area contributed by atoms with Crippen molar-refractivity contribution in [1.29, 1.82) is 0 Å². The summed E-state index contributed by atoms with van der Waals surface area (Å²) in [7, 11) is -1.19. The molecule has 1 fully saturated rings. The van der Waals surface area contributed by atoms with E-state index in [0.717, 1.165) is 11.8 Å². The minimum atomic E-state index is -1.19. The molecule has 3 unspecified atom stereocenters. The Morgan fingerprint density at radius 2 is 2.19 bits per heavy atom. The number of carboxylic acid groups (broad SMARTS) is 1. The second-order valence-corrected chi connectivity index (χ2v) is 6.79. The Balaban J connectivity index is 1.97. The lowest BCUT2D eigenvalue weighted by Crippen LogP contribution is -2.24. The molecule has 1 aliphatic rings. The van der Waals surface area contributed by atoms with E-state index in [1.807, 2.05) is 13.0 Å². The molecule has 0 bridgehead atoms. The quantitative estimate of drug-likeness (QED) is 0.939. The molecule has 1 aromatic heterocycles. The highest BCUT2D eigenvalue weighted by molar-refractivity contribution is 7.84. The zero-order valence-electron chi connectivity index (χ0n) is 11.6. The summed E-state index contributed by atoms with van der Waals surface area (Å²) in [4.78, 5) is 11.3. The summed E-state index contributed by atoms with van der Waals surface area (Å²) in [5.41, 5.74) is 1.02. The van der Waals surface area contributed by atoms with Crippen LogP contribution in [0.1, 0.15) is 29.5 Å². The van der Waals surface area contributed by atoms with Gasteiger partial charge in [0.05, 0.1) is 17.1 Å². The van der Waals surface area contributed by atoms with Gasteiger partial charge in [-0.05, 0) is 19.4 Å². The second-order valence-electron chi connectivity index (χ2n) is 5.14. The molecule has 0 spiro atoms. The summed E-state index contributed by atoms with van der Waals surface area (Å²) in [6.45, 7) is 2.51. The molecule has 3 atom stereocenters. The molecule has 0 amide bonds. The van der Waals surface area contributed by atoms with Gasteiger partial charge in [-0.3, -0.25) is 4.21 Å². The lowest BCUT2D eigenvalue weighted by atomic mass is 10.1. The van der Waals surface area contributed by atoms with Crippen LogP contribution in [0.5, 0.6) is 0 Å². The van der Waals surface area contributed by atoms with Gasteiger partial charge in [-0.1, -0.05) is 18.2 Å². The second kappa shape index (κ2) is 5.61. The Kier molecular flexibility index (Phi) is 3.82. The number of hydrogen-bond donors (Lipinski definition) is 1. The zero-order chi connectivity index (χ0) is 15.0. The van der Waals surface area contributed by atoms with Gasteiger partial charge < -0.3 is 14.3 Å². The first-order chi connectivity index (χ1) is 10.1. The summed E-state index contributed by atoms with van der Waals surface area (Å²) in [6, 6.07) is 7.12. The largest absolute Gasteiger partial charge is 0.475 e. The number of rotatable bonds is 4. The van der Waals surface area contributed by atoms with E-state index >= 15 is 0 Å². The normalized spacial score (nSPS) is 23.5. The maximum atomic E-state index is 12.5. The maximum absolute atomic E-state index is 12.5. The van der Waals surface area contributed by atoms with E-state index in [1.165, 1.54) is 0 Å². The average molecular weight is 308 g/mol. The number of ether oxygens (including phenoxy) is 1. The molecular formula is C15H16O5S. The molecule has 5 nitrogen and oxygen atoms in total. The van der Waals surface area contributed by atoms with E-state index in [0.29, 0.717) is 17.8 Å². The standard InChI is InChI=1S/C15H16O5S/c1-9-13(6-7-19-9)21(18)8-11-10-4-2-3-5-12(10)20-14(11)15(16)17/h2-5,9,13H,6-8H2,1H3,(H,16,17). The van der Waals surface area contributed by atoms with Gasteiger partial charge >= 0.3 is 5.97 Å². The zero-order valence-corrected chi connectivity index (χ0v) is 12.4. The van der Waals surface area contributed by atoms with Crippen LogP contribution in [0, 0.1) is 0 Å². The number of carbonyl (C=O) groups is 1. The number of furan rings is 1. The van der Waals surface area contributed by atoms with Crippen LogP contribution in [0.3, 0.4) is 0 Å². The summed E-state index contributed by atoms with van der Waals surface area (Å²) in [5, 5.41) is 9.94. The third kappa shape index (κ3) is 2.61. The van der Waals surface area contributed by atoms with Gasteiger partial charge in [0.25, 0.3) is 0 Å². The van der Waals surface area contributed by atoms with Crippen molar-refractivity contribution in [2.24, 2.45) is 0 Å². The van der Waals surface area contributed by atoms with E-state index in [2.05, 4.69) is 0 Å². The summed E-state index contributed by atoms with van der Waals surface area (Å²) >= 11 is 0. The fourth-order valence-corrected chi connectivity index (χ4v) is 4.37. The molecule has 2 heterocycles. The van der Waals surface area contributed by atoms with Crippen LogP contribution in [-0.4, -0.2) is 33.2 Å². The highest BCUT2D eigenvalue weighted by Crippen LogP contribution is 2.29. The van der Waals surface area contributed by atoms with Crippen molar-refractivity contribution in [3.05, 3.63) is 35.6 Å².